The van der Waals surface area contributed by atoms with Gasteiger partial charge in [0.25, 0.3) is 0 Å². The van der Waals surface area contributed by atoms with Crippen LogP contribution in [0, 0.1) is 0 Å². The van der Waals surface area contributed by atoms with Crippen molar-refractivity contribution in [2.75, 3.05) is 13.1 Å². The molecule has 3 rings (SSSR count). The highest BCUT2D eigenvalue weighted by Crippen LogP contribution is 2.40. The molecule has 8 heteroatoms. The van der Waals surface area contributed by atoms with Crippen molar-refractivity contribution in [3.63, 3.8) is 0 Å². The van der Waals surface area contributed by atoms with Gasteiger partial charge in [0.1, 0.15) is 0 Å². The predicted octanol–water partition coefficient (Wildman–Crippen LogP) is -0.367. The summed E-state index contributed by atoms with van der Waals surface area (Å²) in [7, 11) is -3.44. The standard InChI is InChI=1S/C11H19N3O4S/c12-19(17,18)10-3-7-1-2-8(4-10)14(7)9-5-13(6-9)11(15)16/h7-10H,1-6H2,(H,15,16)(H2,12,17,18)/t7-,8+,10-. The number of hydrogen-bond acceptors (Lipinski definition) is 4. The molecular formula is C11H19N3O4S. The van der Waals surface area contributed by atoms with E-state index < -0.39 is 21.4 Å². The first-order chi connectivity index (χ1) is 8.86. The van der Waals surface area contributed by atoms with E-state index in [1.807, 2.05) is 0 Å². The molecule has 0 aliphatic carbocycles. The van der Waals surface area contributed by atoms with Crippen molar-refractivity contribution >= 4 is 16.1 Å². The molecular weight excluding hydrogens is 270 g/mol. The first-order valence-electron chi connectivity index (χ1n) is 6.63. The molecule has 3 saturated heterocycles. The summed E-state index contributed by atoms with van der Waals surface area (Å²) in [5.74, 6) is 0. The van der Waals surface area contributed by atoms with Crippen molar-refractivity contribution in [3.8, 4) is 0 Å². The minimum atomic E-state index is -3.44. The van der Waals surface area contributed by atoms with Gasteiger partial charge in [-0.2, -0.15) is 0 Å². The lowest BCUT2D eigenvalue weighted by atomic mass is 9.96. The first kappa shape index (κ1) is 13.1. The fourth-order valence-electron chi connectivity index (χ4n) is 3.83. The van der Waals surface area contributed by atoms with E-state index in [0.29, 0.717) is 25.9 Å². The van der Waals surface area contributed by atoms with Crippen LogP contribution in [0.25, 0.3) is 0 Å². The van der Waals surface area contributed by atoms with Gasteiger partial charge in [0.2, 0.25) is 10.0 Å². The minimum Gasteiger partial charge on any atom is -0.465 e. The van der Waals surface area contributed by atoms with E-state index >= 15 is 0 Å². The Hall–Kier alpha value is -0.860. The lowest BCUT2D eigenvalue weighted by molar-refractivity contribution is -0.00434. The summed E-state index contributed by atoms with van der Waals surface area (Å²) < 4.78 is 23.0. The summed E-state index contributed by atoms with van der Waals surface area (Å²) in [6, 6.07) is 0.765. The molecule has 0 saturated carbocycles. The molecule has 3 N–H and O–H groups in total. The van der Waals surface area contributed by atoms with Gasteiger partial charge >= 0.3 is 6.09 Å². The summed E-state index contributed by atoms with van der Waals surface area (Å²) in [6.45, 7) is 1.09. The summed E-state index contributed by atoms with van der Waals surface area (Å²) in [4.78, 5) is 14.5. The third-order valence-corrected chi connectivity index (χ3v) is 6.08. The van der Waals surface area contributed by atoms with Crippen molar-refractivity contribution in [1.82, 2.24) is 9.80 Å². The Bertz CT molecular complexity index is 474. The van der Waals surface area contributed by atoms with Gasteiger partial charge in [0.15, 0.2) is 0 Å². The molecule has 2 bridgehead atoms. The van der Waals surface area contributed by atoms with Crippen LogP contribution in [-0.4, -0.2) is 65.9 Å². The second kappa shape index (κ2) is 4.32. The lowest BCUT2D eigenvalue weighted by Gasteiger charge is -2.49. The summed E-state index contributed by atoms with van der Waals surface area (Å²) in [5, 5.41) is 13.7. The fourth-order valence-corrected chi connectivity index (χ4v) is 4.81. The van der Waals surface area contributed by atoms with Crippen molar-refractivity contribution in [1.29, 1.82) is 0 Å². The maximum Gasteiger partial charge on any atom is 0.407 e. The molecule has 19 heavy (non-hydrogen) atoms. The van der Waals surface area contributed by atoms with Crippen LogP contribution in [0.2, 0.25) is 0 Å². The van der Waals surface area contributed by atoms with Crippen LogP contribution in [0.5, 0.6) is 0 Å². The minimum absolute atomic E-state index is 0.253. The quantitative estimate of drug-likeness (QED) is 0.722. The number of nitrogens with zero attached hydrogens (tertiary/aromatic N) is 2. The Morgan fingerprint density at radius 1 is 1.11 bits per heavy atom. The molecule has 1 amide bonds. The number of piperidine rings is 1. The third-order valence-electron chi connectivity index (χ3n) is 4.77. The number of likely N-dealkylation sites (tertiary alicyclic amines) is 1. The van der Waals surface area contributed by atoms with Crippen LogP contribution in [-0.2, 0) is 10.0 Å². The number of sulfonamides is 1. The van der Waals surface area contributed by atoms with Gasteiger partial charge in [-0.15, -0.1) is 0 Å². The van der Waals surface area contributed by atoms with Crippen LogP contribution in [0.1, 0.15) is 25.7 Å². The monoisotopic (exact) mass is 289 g/mol. The number of carbonyl (C=O) groups is 1. The zero-order valence-electron chi connectivity index (χ0n) is 10.6. The predicted molar refractivity (Wildman–Crippen MR) is 68.2 cm³/mol. The molecule has 0 aromatic rings. The normalized spacial score (nSPS) is 36.3. The molecule has 3 aliphatic heterocycles. The number of nitrogens with two attached hydrogens (primary N) is 1. The highest BCUT2D eigenvalue weighted by Gasteiger charge is 2.49. The van der Waals surface area contributed by atoms with Gasteiger partial charge in [0.05, 0.1) is 5.25 Å². The molecule has 0 unspecified atom stereocenters. The molecule has 108 valence electrons. The summed E-state index contributed by atoms with van der Waals surface area (Å²) in [5.41, 5.74) is 0. The van der Waals surface area contributed by atoms with Crippen molar-refractivity contribution in [3.05, 3.63) is 0 Å². The van der Waals surface area contributed by atoms with Crippen LogP contribution in [0.4, 0.5) is 4.79 Å². The largest absolute Gasteiger partial charge is 0.465 e. The topological polar surface area (TPSA) is 104 Å². The molecule has 0 radical (unpaired) electrons. The average molecular weight is 289 g/mol. The van der Waals surface area contributed by atoms with Gasteiger partial charge < -0.3 is 10.0 Å². The van der Waals surface area contributed by atoms with Gasteiger partial charge in [-0.25, -0.2) is 18.4 Å². The maximum atomic E-state index is 11.5. The Morgan fingerprint density at radius 2 is 1.63 bits per heavy atom. The Morgan fingerprint density at radius 3 is 2.05 bits per heavy atom. The van der Waals surface area contributed by atoms with E-state index in [1.54, 1.807) is 0 Å². The van der Waals surface area contributed by atoms with Crippen molar-refractivity contribution in [2.45, 2.75) is 49.1 Å². The fraction of sp³-hybridized carbons (Fsp3) is 0.909. The number of fused-ring (bicyclic) bond motifs is 2. The van der Waals surface area contributed by atoms with E-state index in [4.69, 9.17) is 10.2 Å². The number of hydrogen-bond donors (Lipinski definition) is 2. The van der Waals surface area contributed by atoms with Crippen LogP contribution in [0.3, 0.4) is 0 Å². The molecule has 3 aliphatic rings. The second-order valence-electron chi connectivity index (χ2n) is 5.86. The van der Waals surface area contributed by atoms with Gasteiger partial charge in [-0.3, -0.25) is 4.90 Å². The van der Waals surface area contributed by atoms with E-state index in [2.05, 4.69) is 4.90 Å². The lowest BCUT2D eigenvalue weighted by Crippen LogP contribution is -2.65. The maximum absolute atomic E-state index is 11.5. The molecule has 3 fully saturated rings. The summed E-state index contributed by atoms with van der Waals surface area (Å²) in [6.07, 6.45) is 2.32. The molecule has 3 heterocycles. The number of rotatable bonds is 2. The summed E-state index contributed by atoms with van der Waals surface area (Å²) >= 11 is 0. The Labute approximate surface area is 112 Å². The first-order valence-corrected chi connectivity index (χ1v) is 8.24. The number of primary sulfonamides is 1. The molecule has 0 aromatic carbocycles. The zero-order valence-corrected chi connectivity index (χ0v) is 11.4. The SMILES string of the molecule is NS(=O)(=O)[C@@H]1C[C@H]2CC[C@@H](C1)N2C1CN(C(=O)O)C1. The Kier molecular flexibility index (Phi) is 2.99. The molecule has 3 atom stereocenters. The number of carboxylic acid groups (broad SMARTS) is 1. The van der Waals surface area contributed by atoms with E-state index in [9.17, 15) is 13.2 Å². The smallest absolute Gasteiger partial charge is 0.407 e. The van der Waals surface area contributed by atoms with Gasteiger partial charge in [-0.05, 0) is 25.7 Å². The van der Waals surface area contributed by atoms with E-state index in [0.717, 1.165) is 12.8 Å². The van der Waals surface area contributed by atoms with E-state index in [1.165, 1.54) is 4.90 Å². The van der Waals surface area contributed by atoms with Gasteiger partial charge in [-0.1, -0.05) is 0 Å². The third kappa shape index (κ3) is 2.21. The highest BCUT2D eigenvalue weighted by atomic mass is 32.2. The van der Waals surface area contributed by atoms with Crippen LogP contribution in [0.15, 0.2) is 0 Å². The van der Waals surface area contributed by atoms with Crippen molar-refractivity contribution in [2.24, 2.45) is 5.14 Å². The highest BCUT2D eigenvalue weighted by molar-refractivity contribution is 7.89. The number of amides is 1. The molecule has 7 nitrogen and oxygen atoms in total. The zero-order chi connectivity index (χ0) is 13.8. The Balaban J connectivity index is 1.66. The van der Waals surface area contributed by atoms with E-state index in [-0.39, 0.29) is 18.1 Å². The van der Waals surface area contributed by atoms with Crippen molar-refractivity contribution < 1.29 is 18.3 Å². The second-order valence-corrected chi connectivity index (χ2v) is 7.70. The van der Waals surface area contributed by atoms with Crippen LogP contribution < -0.4 is 5.14 Å². The van der Waals surface area contributed by atoms with Gasteiger partial charge in [0, 0.05) is 31.2 Å². The molecule has 0 spiro atoms. The molecule has 0 aromatic heterocycles. The average Bonchev–Trinajstić information content (AvgIpc) is 2.48. The van der Waals surface area contributed by atoms with Crippen LogP contribution >= 0.6 is 0 Å².